The molecule has 1 rings (SSSR count). The number of rotatable bonds is 7. The third kappa shape index (κ3) is 5.36. The number of nitrogens with one attached hydrogen (secondary N) is 1. The van der Waals surface area contributed by atoms with Crippen LogP contribution >= 0.6 is 0 Å². The van der Waals surface area contributed by atoms with Gasteiger partial charge in [0.15, 0.2) is 0 Å². The van der Waals surface area contributed by atoms with Crippen LogP contribution in [0.25, 0.3) is 0 Å². The van der Waals surface area contributed by atoms with Crippen LogP contribution in [0.4, 0.5) is 0 Å². The molecule has 0 amide bonds. The fourth-order valence-electron chi connectivity index (χ4n) is 2.68. The molecule has 3 heteroatoms. The Labute approximate surface area is 108 Å². The molecule has 0 aromatic rings. The van der Waals surface area contributed by atoms with E-state index in [1.807, 2.05) is 0 Å². The molecule has 1 atom stereocenters. The molecular weight excluding hydrogens is 210 g/mol. The number of hydrogen-bond acceptors (Lipinski definition) is 3. The Kier molecular flexibility index (Phi) is 7.09. The molecule has 1 unspecified atom stereocenters. The first kappa shape index (κ1) is 14.9. The maximum Gasteiger partial charge on any atom is 0.0110 e. The van der Waals surface area contributed by atoms with E-state index in [1.165, 1.54) is 45.6 Å². The molecule has 1 saturated heterocycles. The summed E-state index contributed by atoms with van der Waals surface area (Å²) in [5, 5.41) is 3.69. The predicted octanol–water partition coefficient (Wildman–Crippen LogP) is 1.65. The standard InChI is InChI=1S/C14H31N3/c1-5-14(6-2)13(3)15-7-8-17-11-9-16(4)10-12-17/h13-15H,5-12H2,1-4H3. The fraction of sp³-hybridized carbons (Fsp3) is 1.00. The molecule has 1 fully saturated rings. The van der Waals surface area contributed by atoms with Gasteiger partial charge >= 0.3 is 0 Å². The zero-order valence-electron chi connectivity index (χ0n) is 12.2. The van der Waals surface area contributed by atoms with Gasteiger partial charge in [0.25, 0.3) is 0 Å². The van der Waals surface area contributed by atoms with Crippen molar-refractivity contribution in [1.29, 1.82) is 0 Å². The highest BCUT2D eigenvalue weighted by Gasteiger charge is 2.15. The number of nitrogens with zero attached hydrogens (tertiary/aromatic N) is 2. The van der Waals surface area contributed by atoms with Gasteiger partial charge in [-0.2, -0.15) is 0 Å². The highest BCUT2D eigenvalue weighted by Crippen LogP contribution is 2.12. The predicted molar refractivity (Wildman–Crippen MR) is 75.5 cm³/mol. The molecule has 0 aromatic carbocycles. The van der Waals surface area contributed by atoms with Crippen molar-refractivity contribution in [3.8, 4) is 0 Å². The van der Waals surface area contributed by atoms with Crippen molar-refractivity contribution in [3.05, 3.63) is 0 Å². The SMILES string of the molecule is CCC(CC)C(C)NCCN1CCN(C)CC1. The molecular formula is C14H31N3. The van der Waals surface area contributed by atoms with Gasteiger partial charge in [0.2, 0.25) is 0 Å². The van der Waals surface area contributed by atoms with E-state index in [0.717, 1.165) is 12.5 Å². The summed E-state index contributed by atoms with van der Waals surface area (Å²) in [7, 11) is 2.21. The highest BCUT2D eigenvalue weighted by atomic mass is 15.2. The van der Waals surface area contributed by atoms with E-state index in [4.69, 9.17) is 0 Å². The molecule has 1 N–H and O–H groups in total. The van der Waals surface area contributed by atoms with Gasteiger partial charge in [-0.05, 0) is 19.9 Å². The number of likely N-dealkylation sites (N-methyl/N-ethyl adjacent to an activating group) is 1. The summed E-state index contributed by atoms with van der Waals surface area (Å²) in [6, 6.07) is 0.664. The number of piperazine rings is 1. The van der Waals surface area contributed by atoms with E-state index in [2.05, 4.69) is 42.9 Å². The van der Waals surface area contributed by atoms with Crippen LogP contribution in [0, 0.1) is 5.92 Å². The first-order valence-electron chi connectivity index (χ1n) is 7.31. The van der Waals surface area contributed by atoms with Crippen LogP contribution in [0.15, 0.2) is 0 Å². The van der Waals surface area contributed by atoms with Gasteiger partial charge in [-0.3, -0.25) is 4.90 Å². The lowest BCUT2D eigenvalue weighted by atomic mass is 9.95. The summed E-state index contributed by atoms with van der Waals surface area (Å²) in [6.45, 7) is 14.2. The molecule has 17 heavy (non-hydrogen) atoms. The van der Waals surface area contributed by atoms with Crippen LogP contribution in [-0.4, -0.2) is 62.2 Å². The molecule has 3 nitrogen and oxygen atoms in total. The lowest BCUT2D eigenvalue weighted by molar-refractivity contribution is 0.152. The van der Waals surface area contributed by atoms with Gasteiger partial charge in [-0.15, -0.1) is 0 Å². The van der Waals surface area contributed by atoms with Gasteiger partial charge in [0, 0.05) is 45.3 Å². The van der Waals surface area contributed by atoms with Crippen LogP contribution in [0.1, 0.15) is 33.6 Å². The molecule has 0 radical (unpaired) electrons. The average molecular weight is 241 g/mol. The lowest BCUT2D eigenvalue weighted by Crippen LogP contribution is -2.47. The summed E-state index contributed by atoms with van der Waals surface area (Å²) in [5.74, 6) is 0.836. The van der Waals surface area contributed by atoms with Crippen molar-refractivity contribution in [3.63, 3.8) is 0 Å². The summed E-state index contributed by atoms with van der Waals surface area (Å²) in [6.07, 6.45) is 2.58. The third-order valence-electron chi connectivity index (χ3n) is 4.25. The Balaban J connectivity index is 2.10. The van der Waals surface area contributed by atoms with Gasteiger partial charge in [-0.1, -0.05) is 26.7 Å². The van der Waals surface area contributed by atoms with E-state index in [1.54, 1.807) is 0 Å². The zero-order chi connectivity index (χ0) is 12.7. The Bertz CT molecular complexity index is 184. The minimum Gasteiger partial charge on any atom is -0.313 e. The first-order chi connectivity index (χ1) is 8.17. The summed E-state index contributed by atoms with van der Waals surface area (Å²) < 4.78 is 0. The molecule has 1 heterocycles. The topological polar surface area (TPSA) is 18.5 Å². The Morgan fingerprint density at radius 3 is 2.18 bits per heavy atom. The van der Waals surface area contributed by atoms with E-state index in [0.29, 0.717) is 6.04 Å². The summed E-state index contributed by atoms with van der Waals surface area (Å²) >= 11 is 0. The normalized spacial score (nSPS) is 21.0. The van der Waals surface area contributed by atoms with Crippen molar-refractivity contribution >= 4 is 0 Å². The smallest absolute Gasteiger partial charge is 0.0110 e. The molecule has 0 aromatic heterocycles. The van der Waals surface area contributed by atoms with Gasteiger partial charge in [0.1, 0.15) is 0 Å². The van der Waals surface area contributed by atoms with E-state index in [-0.39, 0.29) is 0 Å². The van der Waals surface area contributed by atoms with Crippen LogP contribution < -0.4 is 5.32 Å². The Morgan fingerprint density at radius 2 is 1.65 bits per heavy atom. The molecule has 0 spiro atoms. The van der Waals surface area contributed by atoms with Crippen molar-refractivity contribution in [1.82, 2.24) is 15.1 Å². The van der Waals surface area contributed by atoms with Gasteiger partial charge in [0.05, 0.1) is 0 Å². The summed E-state index contributed by atoms with van der Waals surface area (Å²) in [4.78, 5) is 4.99. The van der Waals surface area contributed by atoms with Gasteiger partial charge in [-0.25, -0.2) is 0 Å². The first-order valence-corrected chi connectivity index (χ1v) is 7.31. The highest BCUT2D eigenvalue weighted by molar-refractivity contribution is 4.73. The molecule has 0 bridgehead atoms. The van der Waals surface area contributed by atoms with E-state index >= 15 is 0 Å². The quantitative estimate of drug-likeness (QED) is 0.731. The Hall–Kier alpha value is -0.120. The maximum absolute atomic E-state index is 3.69. The summed E-state index contributed by atoms with van der Waals surface area (Å²) in [5.41, 5.74) is 0. The van der Waals surface area contributed by atoms with Crippen LogP contribution in [0.5, 0.6) is 0 Å². The van der Waals surface area contributed by atoms with Crippen molar-refractivity contribution in [2.45, 2.75) is 39.7 Å². The largest absolute Gasteiger partial charge is 0.313 e. The van der Waals surface area contributed by atoms with Crippen molar-refractivity contribution in [2.75, 3.05) is 46.3 Å². The van der Waals surface area contributed by atoms with E-state index < -0.39 is 0 Å². The van der Waals surface area contributed by atoms with Gasteiger partial charge < -0.3 is 10.2 Å². The van der Waals surface area contributed by atoms with Crippen LogP contribution in [0.3, 0.4) is 0 Å². The van der Waals surface area contributed by atoms with Crippen molar-refractivity contribution in [2.24, 2.45) is 5.92 Å². The second kappa shape index (κ2) is 8.06. The second-order valence-electron chi connectivity index (χ2n) is 5.46. The monoisotopic (exact) mass is 241 g/mol. The van der Waals surface area contributed by atoms with E-state index in [9.17, 15) is 0 Å². The zero-order valence-corrected chi connectivity index (χ0v) is 12.2. The molecule has 0 saturated carbocycles. The van der Waals surface area contributed by atoms with Crippen LogP contribution in [-0.2, 0) is 0 Å². The molecule has 1 aliphatic heterocycles. The molecule has 1 aliphatic rings. The average Bonchev–Trinajstić information content (AvgIpc) is 2.33. The third-order valence-corrected chi connectivity index (χ3v) is 4.25. The molecule has 102 valence electrons. The minimum absolute atomic E-state index is 0.664. The Morgan fingerprint density at radius 1 is 1.06 bits per heavy atom. The van der Waals surface area contributed by atoms with Crippen LogP contribution in [0.2, 0.25) is 0 Å². The lowest BCUT2D eigenvalue weighted by Gasteiger charge is -2.33. The molecule has 0 aliphatic carbocycles. The van der Waals surface area contributed by atoms with Crippen molar-refractivity contribution < 1.29 is 0 Å². The second-order valence-corrected chi connectivity index (χ2v) is 5.46. The number of hydrogen-bond donors (Lipinski definition) is 1. The fourth-order valence-corrected chi connectivity index (χ4v) is 2.68. The maximum atomic E-state index is 3.69. The minimum atomic E-state index is 0.664.